The number of ether oxygens (including phenoxy) is 1. The van der Waals surface area contributed by atoms with E-state index in [1.165, 1.54) is 5.57 Å². The Hall–Kier alpha value is -0.830. The molecule has 0 atom stereocenters. The summed E-state index contributed by atoms with van der Waals surface area (Å²) in [5.41, 5.74) is 2.32. The van der Waals surface area contributed by atoms with E-state index in [9.17, 15) is 0 Å². The Morgan fingerprint density at radius 3 is 2.88 bits per heavy atom. The average Bonchev–Trinajstić information content (AvgIpc) is 2.28. The Bertz CT molecular complexity index is 350. The zero-order valence-electron chi connectivity index (χ0n) is 9.79. The van der Waals surface area contributed by atoms with Crippen molar-refractivity contribution in [2.75, 3.05) is 26.8 Å². The third-order valence-corrected chi connectivity index (χ3v) is 2.54. The number of nitrogens with one attached hydrogen (secondary N) is 1. The highest BCUT2D eigenvalue weighted by Crippen LogP contribution is 2.17. The minimum Gasteiger partial charge on any atom is -0.383 e. The molecule has 1 aromatic carbocycles. The highest BCUT2D eigenvalue weighted by molar-refractivity contribution is 6.32. The molecule has 0 bridgehead atoms. The molecule has 88 valence electrons. The molecule has 0 fully saturated rings. The summed E-state index contributed by atoms with van der Waals surface area (Å²) in [6, 6.07) is 7.84. The fraction of sp³-hybridized carbons (Fsp3) is 0.385. The Morgan fingerprint density at radius 2 is 2.19 bits per heavy atom. The molecule has 0 aliphatic heterocycles. The number of hydrogen-bond donors (Lipinski definition) is 1. The van der Waals surface area contributed by atoms with Gasteiger partial charge < -0.3 is 10.1 Å². The fourth-order valence-electron chi connectivity index (χ4n) is 1.37. The minimum atomic E-state index is 0.735. The second-order valence-electron chi connectivity index (χ2n) is 3.68. The molecule has 0 amide bonds. The van der Waals surface area contributed by atoms with Crippen molar-refractivity contribution >= 4 is 17.7 Å². The van der Waals surface area contributed by atoms with Crippen LogP contribution in [0.2, 0.25) is 5.02 Å². The van der Waals surface area contributed by atoms with Gasteiger partial charge in [-0.2, -0.15) is 0 Å². The van der Waals surface area contributed by atoms with Gasteiger partial charge in [-0.05, 0) is 18.6 Å². The van der Waals surface area contributed by atoms with Crippen LogP contribution in [-0.2, 0) is 4.74 Å². The molecule has 1 rings (SSSR count). The van der Waals surface area contributed by atoms with Gasteiger partial charge in [0.25, 0.3) is 0 Å². The van der Waals surface area contributed by atoms with E-state index < -0.39 is 0 Å². The monoisotopic (exact) mass is 239 g/mol. The molecule has 0 aliphatic carbocycles. The summed E-state index contributed by atoms with van der Waals surface area (Å²) in [4.78, 5) is 0. The second kappa shape index (κ2) is 7.44. The summed E-state index contributed by atoms with van der Waals surface area (Å²) in [5.74, 6) is 0. The molecule has 0 aliphatic rings. The Morgan fingerprint density at radius 1 is 1.44 bits per heavy atom. The largest absolute Gasteiger partial charge is 0.383 e. The van der Waals surface area contributed by atoms with Crippen molar-refractivity contribution in [2.24, 2.45) is 0 Å². The Labute approximate surface area is 102 Å². The van der Waals surface area contributed by atoms with Gasteiger partial charge in [0.1, 0.15) is 0 Å². The second-order valence-corrected chi connectivity index (χ2v) is 4.09. The summed E-state index contributed by atoms with van der Waals surface area (Å²) in [7, 11) is 1.70. The van der Waals surface area contributed by atoms with Gasteiger partial charge >= 0.3 is 0 Å². The fourth-order valence-corrected chi connectivity index (χ4v) is 1.56. The van der Waals surface area contributed by atoms with Gasteiger partial charge in [0.2, 0.25) is 0 Å². The van der Waals surface area contributed by atoms with E-state index in [1.54, 1.807) is 7.11 Å². The van der Waals surface area contributed by atoms with E-state index in [0.717, 1.165) is 30.3 Å². The number of rotatable bonds is 6. The number of benzene rings is 1. The third-order valence-electron chi connectivity index (χ3n) is 2.19. The van der Waals surface area contributed by atoms with Gasteiger partial charge in [-0.1, -0.05) is 41.4 Å². The van der Waals surface area contributed by atoms with E-state index in [2.05, 4.69) is 18.3 Å². The molecule has 3 heteroatoms. The van der Waals surface area contributed by atoms with Crippen molar-refractivity contribution in [3.63, 3.8) is 0 Å². The van der Waals surface area contributed by atoms with Gasteiger partial charge in [0, 0.05) is 25.2 Å². The summed E-state index contributed by atoms with van der Waals surface area (Å²) in [5, 5.41) is 4.08. The quantitative estimate of drug-likeness (QED) is 0.771. The van der Waals surface area contributed by atoms with Crippen molar-refractivity contribution in [2.45, 2.75) is 6.92 Å². The normalized spacial score (nSPS) is 11.8. The maximum atomic E-state index is 6.07. The molecular weight excluding hydrogens is 222 g/mol. The zero-order valence-corrected chi connectivity index (χ0v) is 10.6. The molecule has 0 unspecified atom stereocenters. The highest BCUT2D eigenvalue weighted by Gasteiger charge is 1.96. The first-order valence-corrected chi connectivity index (χ1v) is 5.73. The first-order chi connectivity index (χ1) is 7.74. The van der Waals surface area contributed by atoms with E-state index in [-0.39, 0.29) is 0 Å². The van der Waals surface area contributed by atoms with Crippen LogP contribution in [0.1, 0.15) is 12.5 Å². The maximum absolute atomic E-state index is 6.07. The summed E-state index contributed by atoms with van der Waals surface area (Å²) < 4.78 is 4.96. The van der Waals surface area contributed by atoms with Crippen LogP contribution in [0.3, 0.4) is 0 Å². The van der Waals surface area contributed by atoms with Crippen LogP contribution in [0.25, 0.3) is 6.08 Å². The molecule has 0 heterocycles. The molecule has 0 aromatic heterocycles. The molecule has 1 aromatic rings. The molecule has 1 N–H and O–H groups in total. The van der Waals surface area contributed by atoms with Crippen LogP contribution in [0.4, 0.5) is 0 Å². The van der Waals surface area contributed by atoms with Crippen molar-refractivity contribution < 1.29 is 4.74 Å². The summed E-state index contributed by atoms with van der Waals surface area (Å²) in [6.07, 6.45) is 2.10. The molecule has 0 saturated carbocycles. The molecule has 0 saturated heterocycles. The lowest BCUT2D eigenvalue weighted by molar-refractivity contribution is 0.200. The van der Waals surface area contributed by atoms with E-state index in [4.69, 9.17) is 16.3 Å². The minimum absolute atomic E-state index is 0.735. The predicted octanol–water partition coefficient (Wildman–Crippen LogP) is 2.98. The van der Waals surface area contributed by atoms with Gasteiger partial charge in [-0.3, -0.25) is 0 Å². The Balaban J connectivity index is 2.47. The first kappa shape index (κ1) is 13.2. The van der Waals surface area contributed by atoms with Crippen LogP contribution in [0.5, 0.6) is 0 Å². The van der Waals surface area contributed by atoms with Crippen molar-refractivity contribution in [3.05, 3.63) is 40.4 Å². The Kier molecular flexibility index (Phi) is 6.16. The van der Waals surface area contributed by atoms with Crippen molar-refractivity contribution in [3.8, 4) is 0 Å². The molecular formula is C13H18ClNO. The van der Waals surface area contributed by atoms with Crippen LogP contribution >= 0.6 is 11.6 Å². The van der Waals surface area contributed by atoms with Crippen LogP contribution in [0, 0.1) is 0 Å². The van der Waals surface area contributed by atoms with Gasteiger partial charge in [0.05, 0.1) is 6.61 Å². The lowest BCUT2D eigenvalue weighted by Crippen LogP contribution is -2.20. The third kappa shape index (κ3) is 4.79. The van der Waals surface area contributed by atoms with E-state index in [1.807, 2.05) is 24.3 Å². The van der Waals surface area contributed by atoms with Crippen molar-refractivity contribution in [1.29, 1.82) is 0 Å². The lowest BCUT2D eigenvalue weighted by Gasteiger charge is -2.05. The molecule has 0 radical (unpaired) electrons. The van der Waals surface area contributed by atoms with Gasteiger partial charge in [-0.25, -0.2) is 0 Å². The summed E-state index contributed by atoms with van der Waals surface area (Å²) >= 11 is 6.07. The smallest absolute Gasteiger partial charge is 0.0587 e. The first-order valence-electron chi connectivity index (χ1n) is 5.35. The molecule has 0 spiro atoms. The summed E-state index contributed by atoms with van der Waals surface area (Å²) in [6.45, 7) is 4.54. The van der Waals surface area contributed by atoms with Crippen LogP contribution < -0.4 is 5.32 Å². The SMILES string of the molecule is COCCNCC(C)=Cc1ccccc1Cl. The van der Waals surface area contributed by atoms with Crippen LogP contribution in [-0.4, -0.2) is 26.8 Å². The van der Waals surface area contributed by atoms with Crippen molar-refractivity contribution in [1.82, 2.24) is 5.32 Å². The van der Waals surface area contributed by atoms with Gasteiger partial charge in [-0.15, -0.1) is 0 Å². The van der Waals surface area contributed by atoms with Crippen LogP contribution in [0.15, 0.2) is 29.8 Å². The topological polar surface area (TPSA) is 21.3 Å². The number of methoxy groups -OCH3 is 1. The van der Waals surface area contributed by atoms with E-state index in [0.29, 0.717) is 0 Å². The number of halogens is 1. The standard InChI is InChI=1S/C13H18ClNO/c1-11(10-15-7-8-16-2)9-12-5-3-4-6-13(12)14/h3-6,9,15H,7-8,10H2,1-2H3. The average molecular weight is 240 g/mol. The zero-order chi connectivity index (χ0) is 11.8. The highest BCUT2D eigenvalue weighted by atomic mass is 35.5. The maximum Gasteiger partial charge on any atom is 0.0587 e. The molecule has 16 heavy (non-hydrogen) atoms. The predicted molar refractivity (Wildman–Crippen MR) is 69.8 cm³/mol. The number of hydrogen-bond acceptors (Lipinski definition) is 2. The lowest BCUT2D eigenvalue weighted by atomic mass is 10.1. The molecule has 2 nitrogen and oxygen atoms in total. The van der Waals surface area contributed by atoms with Gasteiger partial charge in [0.15, 0.2) is 0 Å². The van der Waals surface area contributed by atoms with E-state index >= 15 is 0 Å².